The molecule has 0 unspecified atom stereocenters. The van der Waals surface area contributed by atoms with E-state index < -0.39 is 4.92 Å². The monoisotopic (exact) mass is 350 g/mol. The largest absolute Gasteiger partial charge is 0.356 e. The first-order valence-electron chi connectivity index (χ1n) is 8.49. The molecule has 0 bridgehead atoms. The Kier molecular flexibility index (Phi) is 9.16. The maximum Gasteiger partial charge on any atom is 0.269 e. The summed E-state index contributed by atoms with van der Waals surface area (Å²) in [6.07, 6.45) is 1.06. The molecule has 0 saturated carbocycles. The van der Waals surface area contributed by atoms with E-state index in [1.165, 1.54) is 24.3 Å². The maximum atomic E-state index is 11.8. The highest BCUT2D eigenvalue weighted by molar-refractivity contribution is 5.93. The fraction of sp³-hybridized carbons (Fsp3) is 0.529. The summed E-state index contributed by atoms with van der Waals surface area (Å²) in [4.78, 5) is 35.9. The molecule has 0 saturated heterocycles. The van der Waals surface area contributed by atoms with Crippen LogP contribution < -0.4 is 10.6 Å². The van der Waals surface area contributed by atoms with E-state index in [1.807, 2.05) is 0 Å². The molecule has 8 heteroatoms. The summed E-state index contributed by atoms with van der Waals surface area (Å²) in [5.41, 5.74) is 0.428. The van der Waals surface area contributed by atoms with Gasteiger partial charge in [0, 0.05) is 37.2 Å². The second-order valence-corrected chi connectivity index (χ2v) is 5.58. The number of anilines is 1. The van der Waals surface area contributed by atoms with Gasteiger partial charge in [0.1, 0.15) is 0 Å². The molecule has 0 spiro atoms. The zero-order valence-electron chi connectivity index (χ0n) is 14.8. The molecule has 1 aromatic rings. The van der Waals surface area contributed by atoms with Crippen molar-refractivity contribution in [3.05, 3.63) is 34.4 Å². The van der Waals surface area contributed by atoms with Crippen LogP contribution in [0.2, 0.25) is 0 Å². The molecular formula is C17H26N4O4. The van der Waals surface area contributed by atoms with E-state index in [9.17, 15) is 19.7 Å². The van der Waals surface area contributed by atoms with Crippen LogP contribution in [0.15, 0.2) is 24.3 Å². The van der Waals surface area contributed by atoms with Crippen LogP contribution in [0.5, 0.6) is 0 Å². The Morgan fingerprint density at radius 2 is 1.68 bits per heavy atom. The van der Waals surface area contributed by atoms with Crippen molar-refractivity contribution in [1.82, 2.24) is 10.2 Å². The van der Waals surface area contributed by atoms with Crippen molar-refractivity contribution in [2.45, 2.75) is 33.1 Å². The van der Waals surface area contributed by atoms with E-state index in [2.05, 4.69) is 29.4 Å². The van der Waals surface area contributed by atoms with Gasteiger partial charge in [0.25, 0.3) is 5.69 Å². The van der Waals surface area contributed by atoms with E-state index in [4.69, 9.17) is 0 Å². The van der Waals surface area contributed by atoms with Crippen molar-refractivity contribution < 1.29 is 14.5 Å². The third-order valence-corrected chi connectivity index (χ3v) is 3.81. The van der Waals surface area contributed by atoms with Crippen molar-refractivity contribution in [1.29, 1.82) is 0 Å². The van der Waals surface area contributed by atoms with Crippen LogP contribution in [0.25, 0.3) is 0 Å². The van der Waals surface area contributed by atoms with Gasteiger partial charge >= 0.3 is 0 Å². The van der Waals surface area contributed by atoms with E-state index in [1.54, 1.807) is 0 Å². The van der Waals surface area contributed by atoms with Crippen molar-refractivity contribution in [3.8, 4) is 0 Å². The predicted octanol–water partition coefficient (Wildman–Crippen LogP) is 2.16. The number of rotatable bonds is 11. The van der Waals surface area contributed by atoms with Gasteiger partial charge in [0.05, 0.1) is 4.92 Å². The Bertz CT molecular complexity index is 571. The number of amides is 2. The third-order valence-electron chi connectivity index (χ3n) is 3.81. The van der Waals surface area contributed by atoms with Crippen LogP contribution in [0.1, 0.15) is 33.1 Å². The van der Waals surface area contributed by atoms with Gasteiger partial charge in [-0.1, -0.05) is 13.8 Å². The highest BCUT2D eigenvalue weighted by atomic mass is 16.6. The normalized spacial score (nSPS) is 10.5. The van der Waals surface area contributed by atoms with Gasteiger partial charge in [-0.2, -0.15) is 0 Å². The molecule has 0 radical (unpaired) electrons. The van der Waals surface area contributed by atoms with E-state index in [0.717, 1.165) is 26.1 Å². The van der Waals surface area contributed by atoms with Gasteiger partial charge in [-0.15, -0.1) is 0 Å². The number of nitro benzene ring substituents is 1. The summed E-state index contributed by atoms with van der Waals surface area (Å²) in [5.74, 6) is -0.453. The molecule has 0 aromatic heterocycles. The maximum absolute atomic E-state index is 11.8. The smallest absolute Gasteiger partial charge is 0.269 e. The van der Waals surface area contributed by atoms with E-state index in [-0.39, 0.29) is 30.3 Å². The second kappa shape index (κ2) is 11.1. The minimum atomic E-state index is -0.504. The molecule has 0 aliphatic heterocycles. The lowest BCUT2D eigenvalue weighted by molar-refractivity contribution is -0.384. The predicted molar refractivity (Wildman–Crippen MR) is 96.4 cm³/mol. The number of hydrogen-bond acceptors (Lipinski definition) is 5. The quantitative estimate of drug-likeness (QED) is 0.361. The zero-order valence-corrected chi connectivity index (χ0v) is 14.8. The molecule has 0 atom stereocenters. The van der Waals surface area contributed by atoms with E-state index in [0.29, 0.717) is 12.2 Å². The average molecular weight is 350 g/mol. The summed E-state index contributed by atoms with van der Waals surface area (Å²) in [5, 5.41) is 16.0. The molecule has 0 aliphatic carbocycles. The Morgan fingerprint density at radius 1 is 1.08 bits per heavy atom. The van der Waals surface area contributed by atoms with Crippen LogP contribution in [0.3, 0.4) is 0 Å². The number of nitrogens with zero attached hydrogens (tertiary/aromatic N) is 2. The van der Waals surface area contributed by atoms with Crippen molar-refractivity contribution in [2.24, 2.45) is 0 Å². The Morgan fingerprint density at radius 3 is 2.24 bits per heavy atom. The lowest BCUT2D eigenvalue weighted by atomic mass is 10.2. The van der Waals surface area contributed by atoms with Gasteiger partial charge in [-0.3, -0.25) is 19.7 Å². The number of nitro groups is 1. The van der Waals surface area contributed by atoms with Crippen molar-refractivity contribution >= 4 is 23.2 Å². The molecule has 25 heavy (non-hydrogen) atoms. The lowest BCUT2D eigenvalue weighted by Gasteiger charge is -2.17. The fourth-order valence-corrected chi connectivity index (χ4v) is 2.28. The molecule has 1 aromatic carbocycles. The number of carbonyl (C=O) groups is 2. The first kappa shape index (κ1) is 20.6. The fourth-order valence-electron chi connectivity index (χ4n) is 2.28. The molecule has 2 N–H and O–H groups in total. The average Bonchev–Trinajstić information content (AvgIpc) is 2.60. The molecule has 0 heterocycles. The highest BCUT2D eigenvalue weighted by Gasteiger charge is 2.09. The number of non-ortho nitro benzene ring substituents is 1. The van der Waals surface area contributed by atoms with Crippen LogP contribution >= 0.6 is 0 Å². The topological polar surface area (TPSA) is 105 Å². The molecular weight excluding hydrogens is 324 g/mol. The molecule has 0 fully saturated rings. The van der Waals surface area contributed by atoms with Crippen LogP contribution in [0.4, 0.5) is 11.4 Å². The van der Waals surface area contributed by atoms with Gasteiger partial charge in [0.15, 0.2) is 0 Å². The SMILES string of the molecule is CCN(CC)CCCNC(=O)CCC(=O)Nc1ccc([N+](=O)[O-])cc1. The third kappa shape index (κ3) is 8.25. The first-order chi connectivity index (χ1) is 12.0. The van der Waals surface area contributed by atoms with Crippen molar-refractivity contribution in [3.63, 3.8) is 0 Å². The standard InChI is InChI=1S/C17H26N4O4/c1-3-20(4-2)13-5-12-18-16(22)10-11-17(23)19-14-6-8-15(9-7-14)21(24)25/h6-9H,3-5,10-13H2,1-2H3,(H,18,22)(H,19,23). The van der Waals surface area contributed by atoms with Crippen LogP contribution in [-0.2, 0) is 9.59 Å². The molecule has 8 nitrogen and oxygen atoms in total. The number of benzene rings is 1. The van der Waals surface area contributed by atoms with Crippen molar-refractivity contribution in [2.75, 3.05) is 31.5 Å². The van der Waals surface area contributed by atoms with Gasteiger partial charge in [-0.25, -0.2) is 0 Å². The summed E-state index contributed by atoms with van der Waals surface area (Å²) >= 11 is 0. The molecule has 138 valence electrons. The Balaban J connectivity index is 2.22. The first-order valence-corrected chi connectivity index (χ1v) is 8.49. The molecule has 1 rings (SSSR count). The zero-order chi connectivity index (χ0) is 18.7. The Labute approximate surface area is 147 Å². The summed E-state index contributed by atoms with van der Waals surface area (Å²) in [6.45, 7) is 7.73. The van der Waals surface area contributed by atoms with Crippen LogP contribution in [0, 0.1) is 10.1 Å². The van der Waals surface area contributed by atoms with Gasteiger partial charge < -0.3 is 15.5 Å². The Hall–Kier alpha value is -2.48. The van der Waals surface area contributed by atoms with Gasteiger partial charge in [-0.05, 0) is 38.2 Å². The van der Waals surface area contributed by atoms with Crippen LogP contribution in [-0.4, -0.2) is 47.8 Å². The second-order valence-electron chi connectivity index (χ2n) is 5.58. The minimum Gasteiger partial charge on any atom is -0.356 e. The molecule has 0 aliphatic rings. The highest BCUT2D eigenvalue weighted by Crippen LogP contribution is 2.15. The number of carbonyl (C=O) groups excluding carboxylic acids is 2. The summed E-state index contributed by atoms with van der Waals surface area (Å²) in [7, 11) is 0. The van der Waals surface area contributed by atoms with E-state index >= 15 is 0 Å². The summed E-state index contributed by atoms with van der Waals surface area (Å²) in [6, 6.07) is 5.56. The molecule has 2 amide bonds. The van der Waals surface area contributed by atoms with Gasteiger partial charge in [0.2, 0.25) is 11.8 Å². The number of nitrogens with one attached hydrogen (secondary N) is 2. The minimum absolute atomic E-state index is 0.0397. The lowest BCUT2D eigenvalue weighted by Crippen LogP contribution is -2.30. The number of hydrogen-bond donors (Lipinski definition) is 2. The summed E-state index contributed by atoms with van der Waals surface area (Å²) < 4.78 is 0.